The van der Waals surface area contributed by atoms with Crippen LogP contribution in [0.25, 0.3) is 11.1 Å². The highest BCUT2D eigenvalue weighted by Crippen LogP contribution is 2.29. The summed E-state index contributed by atoms with van der Waals surface area (Å²) in [6.45, 7) is 0. The number of ether oxygens (including phenoxy) is 2. The Morgan fingerprint density at radius 3 is 2.10 bits per heavy atom. The molecule has 0 spiro atoms. The highest BCUT2D eigenvalue weighted by Gasteiger charge is 2.08. The van der Waals surface area contributed by atoms with Gasteiger partial charge in [0.05, 0.1) is 14.2 Å². The summed E-state index contributed by atoms with van der Waals surface area (Å²) in [5, 5.41) is 3.22. The van der Waals surface area contributed by atoms with Crippen LogP contribution < -0.4 is 25.6 Å². The molecule has 3 aromatic rings. The Bertz CT molecular complexity index is 992. The Hall–Kier alpha value is -3.58. The number of thiocarbonyl (C=S) groups is 1. The van der Waals surface area contributed by atoms with Crippen molar-refractivity contribution in [2.75, 3.05) is 19.5 Å². The molecule has 3 rings (SSSR count). The minimum Gasteiger partial charge on any atom is -0.493 e. The van der Waals surface area contributed by atoms with E-state index in [1.54, 1.807) is 44.6 Å². The van der Waals surface area contributed by atoms with Crippen LogP contribution in [0.5, 0.6) is 11.5 Å². The van der Waals surface area contributed by atoms with Gasteiger partial charge < -0.3 is 14.8 Å². The Kier molecular flexibility index (Phi) is 6.65. The maximum Gasteiger partial charge on any atom is 0.269 e. The monoisotopic (exact) mass is 407 g/mol. The van der Waals surface area contributed by atoms with Crippen molar-refractivity contribution in [3.8, 4) is 22.6 Å². The van der Waals surface area contributed by atoms with Crippen LogP contribution >= 0.6 is 12.2 Å². The van der Waals surface area contributed by atoms with E-state index in [1.165, 1.54) is 0 Å². The fourth-order valence-electron chi connectivity index (χ4n) is 2.71. The molecular weight excluding hydrogens is 386 g/mol. The number of nitrogens with one attached hydrogen (secondary N) is 3. The first kappa shape index (κ1) is 20.2. The fourth-order valence-corrected chi connectivity index (χ4v) is 2.88. The summed E-state index contributed by atoms with van der Waals surface area (Å²) in [6.07, 6.45) is 0. The maximum absolute atomic E-state index is 12.3. The van der Waals surface area contributed by atoms with E-state index in [-0.39, 0.29) is 11.0 Å². The number of hydrazine groups is 1. The van der Waals surface area contributed by atoms with Gasteiger partial charge in [0, 0.05) is 17.3 Å². The van der Waals surface area contributed by atoms with Crippen molar-refractivity contribution in [3.05, 3.63) is 78.4 Å². The SMILES string of the molecule is COc1ccc(NC(=S)NNC(=O)c2ccc(-c3ccccc3)cc2)cc1OC. The number of hydrogen-bond donors (Lipinski definition) is 3. The smallest absolute Gasteiger partial charge is 0.269 e. The van der Waals surface area contributed by atoms with Gasteiger partial charge in [0.1, 0.15) is 0 Å². The van der Waals surface area contributed by atoms with E-state index in [1.807, 2.05) is 42.5 Å². The molecule has 0 aliphatic rings. The first-order chi connectivity index (χ1) is 14.1. The molecule has 3 aromatic carbocycles. The summed E-state index contributed by atoms with van der Waals surface area (Å²) >= 11 is 5.22. The quantitative estimate of drug-likeness (QED) is 0.439. The summed E-state index contributed by atoms with van der Waals surface area (Å²) in [5.41, 5.74) is 8.62. The van der Waals surface area contributed by atoms with Crippen molar-refractivity contribution in [2.45, 2.75) is 0 Å². The third-order valence-corrected chi connectivity index (χ3v) is 4.39. The van der Waals surface area contributed by atoms with Gasteiger partial charge in [-0.1, -0.05) is 42.5 Å². The molecule has 0 saturated carbocycles. The third-order valence-electron chi connectivity index (χ3n) is 4.19. The predicted octanol–water partition coefficient (Wildman–Crippen LogP) is 4.00. The molecule has 0 atom stereocenters. The Morgan fingerprint density at radius 2 is 1.45 bits per heavy atom. The van der Waals surface area contributed by atoms with Crippen molar-refractivity contribution >= 4 is 28.9 Å². The summed E-state index contributed by atoms with van der Waals surface area (Å²) in [7, 11) is 3.13. The standard InChI is InChI=1S/C22H21N3O3S/c1-27-19-13-12-18(14-20(19)28-2)23-22(29)25-24-21(26)17-10-8-16(9-11-17)15-6-4-3-5-7-15/h3-14H,1-2H3,(H,24,26)(H2,23,25,29). The molecule has 0 aliphatic carbocycles. The number of hydrogen-bond acceptors (Lipinski definition) is 4. The van der Waals surface area contributed by atoms with Gasteiger partial charge in [-0.25, -0.2) is 0 Å². The number of anilines is 1. The van der Waals surface area contributed by atoms with E-state index < -0.39 is 0 Å². The van der Waals surface area contributed by atoms with Gasteiger partial charge in [-0.05, 0) is 47.6 Å². The van der Waals surface area contributed by atoms with E-state index in [0.29, 0.717) is 22.7 Å². The second-order valence-corrected chi connectivity index (χ2v) is 6.45. The van der Waals surface area contributed by atoms with Gasteiger partial charge >= 0.3 is 0 Å². The van der Waals surface area contributed by atoms with Crippen molar-refractivity contribution in [2.24, 2.45) is 0 Å². The highest BCUT2D eigenvalue weighted by atomic mass is 32.1. The fraction of sp³-hybridized carbons (Fsp3) is 0.0909. The highest BCUT2D eigenvalue weighted by molar-refractivity contribution is 7.80. The summed E-state index contributed by atoms with van der Waals surface area (Å²) in [5.74, 6) is 0.896. The van der Waals surface area contributed by atoms with Crippen LogP contribution in [-0.2, 0) is 0 Å². The lowest BCUT2D eigenvalue weighted by Gasteiger charge is -2.14. The van der Waals surface area contributed by atoms with Crippen LogP contribution in [0.4, 0.5) is 5.69 Å². The van der Waals surface area contributed by atoms with Gasteiger partial charge in [-0.2, -0.15) is 0 Å². The summed E-state index contributed by atoms with van der Waals surface area (Å²) < 4.78 is 10.5. The zero-order chi connectivity index (χ0) is 20.6. The number of benzene rings is 3. The predicted molar refractivity (Wildman–Crippen MR) is 118 cm³/mol. The van der Waals surface area contributed by atoms with Crippen LogP contribution in [0.1, 0.15) is 10.4 Å². The van der Waals surface area contributed by atoms with E-state index in [9.17, 15) is 4.79 Å². The van der Waals surface area contributed by atoms with Crippen LogP contribution in [0, 0.1) is 0 Å². The molecule has 0 heterocycles. The van der Waals surface area contributed by atoms with Crippen molar-refractivity contribution < 1.29 is 14.3 Å². The molecule has 0 aliphatic heterocycles. The molecule has 0 fully saturated rings. The zero-order valence-electron chi connectivity index (χ0n) is 16.1. The topological polar surface area (TPSA) is 71.6 Å². The van der Waals surface area contributed by atoms with E-state index in [0.717, 1.165) is 11.1 Å². The Balaban J connectivity index is 1.55. The molecule has 0 unspecified atom stereocenters. The maximum atomic E-state index is 12.3. The van der Waals surface area contributed by atoms with E-state index in [2.05, 4.69) is 16.2 Å². The number of amides is 1. The molecule has 29 heavy (non-hydrogen) atoms. The van der Waals surface area contributed by atoms with Gasteiger partial charge in [0.15, 0.2) is 16.6 Å². The molecule has 3 N–H and O–H groups in total. The average molecular weight is 407 g/mol. The molecule has 0 saturated heterocycles. The molecular formula is C22H21N3O3S. The Labute approximate surface area is 174 Å². The average Bonchev–Trinajstić information content (AvgIpc) is 2.78. The lowest BCUT2D eigenvalue weighted by Crippen LogP contribution is -2.43. The first-order valence-electron chi connectivity index (χ1n) is 8.85. The summed E-state index contributed by atoms with van der Waals surface area (Å²) in [6, 6.07) is 22.6. The Morgan fingerprint density at radius 1 is 0.793 bits per heavy atom. The first-order valence-corrected chi connectivity index (χ1v) is 9.26. The number of rotatable bonds is 5. The molecule has 6 nitrogen and oxygen atoms in total. The lowest BCUT2D eigenvalue weighted by atomic mass is 10.0. The van der Waals surface area contributed by atoms with Gasteiger partial charge in [-0.3, -0.25) is 15.6 Å². The van der Waals surface area contributed by atoms with Crippen molar-refractivity contribution in [1.82, 2.24) is 10.9 Å². The second-order valence-electron chi connectivity index (χ2n) is 6.05. The minimum absolute atomic E-state index is 0.242. The van der Waals surface area contributed by atoms with Gasteiger partial charge in [-0.15, -0.1) is 0 Å². The zero-order valence-corrected chi connectivity index (χ0v) is 16.9. The normalized spacial score (nSPS) is 10.0. The van der Waals surface area contributed by atoms with E-state index >= 15 is 0 Å². The van der Waals surface area contributed by atoms with Gasteiger partial charge in [0.25, 0.3) is 5.91 Å². The van der Waals surface area contributed by atoms with Crippen molar-refractivity contribution in [3.63, 3.8) is 0 Å². The second kappa shape index (κ2) is 9.57. The van der Waals surface area contributed by atoms with E-state index in [4.69, 9.17) is 21.7 Å². The van der Waals surface area contributed by atoms with Crippen LogP contribution in [0.3, 0.4) is 0 Å². The van der Waals surface area contributed by atoms with Crippen LogP contribution in [0.15, 0.2) is 72.8 Å². The van der Waals surface area contributed by atoms with Crippen LogP contribution in [0.2, 0.25) is 0 Å². The molecule has 0 radical (unpaired) electrons. The number of carbonyl (C=O) groups excluding carboxylic acids is 1. The third kappa shape index (κ3) is 5.24. The lowest BCUT2D eigenvalue weighted by molar-refractivity contribution is 0.0944. The molecule has 1 amide bonds. The minimum atomic E-state index is -0.291. The summed E-state index contributed by atoms with van der Waals surface area (Å²) in [4.78, 5) is 12.3. The molecule has 0 bridgehead atoms. The molecule has 7 heteroatoms. The number of carbonyl (C=O) groups is 1. The molecule has 148 valence electrons. The number of methoxy groups -OCH3 is 2. The van der Waals surface area contributed by atoms with Crippen molar-refractivity contribution in [1.29, 1.82) is 0 Å². The van der Waals surface area contributed by atoms with Crippen LogP contribution in [-0.4, -0.2) is 25.2 Å². The van der Waals surface area contributed by atoms with Gasteiger partial charge in [0.2, 0.25) is 0 Å². The molecule has 0 aromatic heterocycles. The largest absolute Gasteiger partial charge is 0.493 e.